The van der Waals surface area contributed by atoms with Gasteiger partial charge >= 0.3 is 0 Å². The molecule has 0 aromatic carbocycles. The molecule has 1 atom stereocenters. The fourth-order valence-electron chi connectivity index (χ4n) is 0.629. The summed E-state index contributed by atoms with van der Waals surface area (Å²) in [7, 11) is 2.11. The van der Waals surface area contributed by atoms with Crippen molar-refractivity contribution in [3.63, 3.8) is 0 Å². The van der Waals surface area contributed by atoms with Crippen molar-refractivity contribution in [2.75, 3.05) is 7.05 Å². The predicted molar refractivity (Wildman–Crippen MR) is 45.4 cm³/mol. The highest BCUT2D eigenvalue weighted by molar-refractivity contribution is 8.14. The smallest absolute Gasteiger partial charge is 0.0174 e. The molecule has 1 heterocycles. The number of allylic oxidation sites excluding steroid dienone is 2. The average molecular weight is 141 g/mol. The Morgan fingerprint density at radius 1 is 1.56 bits per heavy atom. The maximum absolute atomic E-state index is 3.95. The van der Waals surface area contributed by atoms with Gasteiger partial charge in [-0.1, -0.05) is 28.7 Å². The first kappa shape index (κ1) is 6.62. The van der Waals surface area contributed by atoms with Gasteiger partial charge in [0.1, 0.15) is 0 Å². The van der Waals surface area contributed by atoms with Crippen LogP contribution < -0.4 is 0 Å². The Bertz CT molecular complexity index is 170. The van der Waals surface area contributed by atoms with Crippen molar-refractivity contribution >= 4 is 16.5 Å². The lowest BCUT2D eigenvalue weighted by Crippen LogP contribution is -1.97. The van der Waals surface area contributed by atoms with Crippen LogP contribution in [0.25, 0.3) is 0 Å². The van der Waals surface area contributed by atoms with Crippen LogP contribution in [0.2, 0.25) is 0 Å². The van der Waals surface area contributed by atoms with Crippen LogP contribution >= 0.6 is 10.7 Å². The molecule has 0 N–H and O–H groups in total. The minimum Gasteiger partial charge on any atom is -0.329 e. The summed E-state index contributed by atoms with van der Waals surface area (Å²) in [6.45, 7) is 0. The topological polar surface area (TPSA) is 3.24 Å². The lowest BCUT2D eigenvalue weighted by Gasteiger charge is -2.12. The summed E-state index contributed by atoms with van der Waals surface area (Å²) >= 11 is 0. The fourth-order valence-corrected chi connectivity index (χ4v) is 1.40. The van der Waals surface area contributed by atoms with E-state index < -0.39 is 0 Å². The molecule has 9 heavy (non-hydrogen) atoms. The van der Waals surface area contributed by atoms with Crippen LogP contribution in [0.15, 0.2) is 23.8 Å². The van der Waals surface area contributed by atoms with Gasteiger partial charge in [0.25, 0.3) is 0 Å². The maximum Gasteiger partial charge on any atom is 0.0174 e. The molecular formula is C7H11NS. The lowest BCUT2D eigenvalue weighted by molar-refractivity contribution is 0.776. The quantitative estimate of drug-likeness (QED) is 0.466. The van der Waals surface area contributed by atoms with Crippen LogP contribution in [-0.2, 0) is 0 Å². The number of hydrogen-bond donors (Lipinski definition) is 0. The molecule has 0 bridgehead atoms. The van der Waals surface area contributed by atoms with E-state index in [4.69, 9.17) is 0 Å². The molecule has 0 spiro atoms. The highest BCUT2D eigenvalue weighted by Crippen LogP contribution is 2.19. The molecule has 50 valence electrons. The van der Waals surface area contributed by atoms with Crippen LogP contribution in [0.3, 0.4) is 0 Å². The van der Waals surface area contributed by atoms with Gasteiger partial charge in [0, 0.05) is 13.2 Å². The van der Waals surface area contributed by atoms with E-state index in [1.165, 1.54) is 0 Å². The third-order valence-electron chi connectivity index (χ3n) is 1.21. The zero-order chi connectivity index (χ0) is 6.69. The van der Waals surface area contributed by atoms with Crippen molar-refractivity contribution in [1.82, 2.24) is 4.31 Å². The normalized spacial score (nSPS) is 26.3. The Kier molecular flexibility index (Phi) is 2.11. The van der Waals surface area contributed by atoms with Gasteiger partial charge in [-0.25, -0.2) is 0 Å². The van der Waals surface area contributed by atoms with Crippen LogP contribution in [0.4, 0.5) is 0 Å². The Hall–Kier alpha value is -0.500. The highest BCUT2D eigenvalue weighted by Gasteiger charge is 1.92. The van der Waals surface area contributed by atoms with Crippen molar-refractivity contribution in [3.05, 3.63) is 23.8 Å². The molecule has 1 unspecified atom stereocenters. The average Bonchev–Trinajstić information content (AvgIpc) is 1.99. The second-order valence-electron chi connectivity index (χ2n) is 1.94. The van der Waals surface area contributed by atoms with Gasteiger partial charge in [0.15, 0.2) is 0 Å². The molecule has 0 saturated carbocycles. The molecule has 0 radical (unpaired) electrons. The molecule has 0 aromatic rings. The van der Waals surface area contributed by atoms with Crippen LogP contribution in [0.1, 0.15) is 6.42 Å². The van der Waals surface area contributed by atoms with Gasteiger partial charge in [0.05, 0.1) is 0 Å². The lowest BCUT2D eigenvalue weighted by atomic mass is 10.4. The SMILES string of the molecule is C=S1C=CCC=CN1C. The molecule has 0 saturated heterocycles. The van der Waals surface area contributed by atoms with E-state index in [2.05, 4.69) is 33.9 Å². The van der Waals surface area contributed by atoms with Crippen LogP contribution in [0, 0.1) is 0 Å². The van der Waals surface area contributed by atoms with Crippen molar-refractivity contribution in [2.45, 2.75) is 6.42 Å². The molecule has 0 fully saturated rings. The first-order valence-electron chi connectivity index (χ1n) is 2.90. The summed E-state index contributed by atoms with van der Waals surface area (Å²) in [6.07, 6.45) is 7.41. The Balaban J connectivity index is 2.73. The second kappa shape index (κ2) is 2.87. The molecule has 2 heteroatoms. The van der Waals surface area contributed by atoms with E-state index >= 15 is 0 Å². The van der Waals surface area contributed by atoms with Gasteiger partial charge in [-0.2, -0.15) is 0 Å². The van der Waals surface area contributed by atoms with Gasteiger partial charge in [0.2, 0.25) is 0 Å². The number of nitrogens with zero attached hydrogens (tertiary/aromatic N) is 1. The Morgan fingerprint density at radius 2 is 2.33 bits per heavy atom. The molecular weight excluding hydrogens is 130 g/mol. The summed E-state index contributed by atoms with van der Waals surface area (Å²) in [5.74, 6) is 3.95. The summed E-state index contributed by atoms with van der Waals surface area (Å²) in [5, 5.41) is 2.14. The van der Waals surface area contributed by atoms with Crippen molar-refractivity contribution in [1.29, 1.82) is 0 Å². The van der Waals surface area contributed by atoms with E-state index in [0.29, 0.717) is 0 Å². The Morgan fingerprint density at radius 3 is 3.11 bits per heavy atom. The summed E-state index contributed by atoms with van der Waals surface area (Å²) in [4.78, 5) is 0. The third kappa shape index (κ3) is 1.72. The van der Waals surface area contributed by atoms with Crippen molar-refractivity contribution in [3.8, 4) is 0 Å². The highest BCUT2D eigenvalue weighted by atomic mass is 32.2. The van der Waals surface area contributed by atoms with Crippen molar-refractivity contribution < 1.29 is 0 Å². The van der Waals surface area contributed by atoms with E-state index in [0.717, 1.165) is 6.42 Å². The van der Waals surface area contributed by atoms with Gasteiger partial charge < -0.3 is 4.31 Å². The van der Waals surface area contributed by atoms with Gasteiger partial charge in [-0.15, -0.1) is 0 Å². The van der Waals surface area contributed by atoms with E-state index in [1.54, 1.807) is 0 Å². The van der Waals surface area contributed by atoms with E-state index in [9.17, 15) is 0 Å². The molecule has 0 aliphatic carbocycles. The monoisotopic (exact) mass is 141 g/mol. The number of hydrogen-bond acceptors (Lipinski definition) is 1. The van der Waals surface area contributed by atoms with Gasteiger partial charge in [-0.3, -0.25) is 0 Å². The summed E-state index contributed by atoms with van der Waals surface area (Å²) < 4.78 is 2.11. The van der Waals surface area contributed by atoms with Gasteiger partial charge in [-0.05, 0) is 11.8 Å². The van der Waals surface area contributed by atoms with Crippen molar-refractivity contribution in [2.24, 2.45) is 0 Å². The molecule has 1 aliphatic rings. The summed E-state index contributed by atoms with van der Waals surface area (Å²) in [5.41, 5.74) is 0. The zero-order valence-corrected chi connectivity index (χ0v) is 6.40. The summed E-state index contributed by atoms with van der Waals surface area (Å²) in [6, 6.07) is 0. The molecule has 0 amide bonds. The maximum atomic E-state index is 3.95. The minimum absolute atomic E-state index is 0.0637. The first-order valence-corrected chi connectivity index (χ1v) is 4.31. The third-order valence-corrected chi connectivity index (χ3v) is 2.58. The Labute approximate surface area is 58.7 Å². The molecule has 1 aliphatic heterocycles. The van der Waals surface area contributed by atoms with E-state index in [1.807, 2.05) is 7.05 Å². The first-order chi connectivity index (χ1) is 4.30. The predicted octanol–water partition coefficient (Wildman–Crippen LogP) is 1.97. The fraction of sp³-hybridized carbons (Fsp3) is 0.286. The number of rotatable bonds is 0. The second-order valence-corrected chi connectivity index (χ2v) is 3.59. The standard InChI is InChI=1S/C7H11NS/c1-8-6-4-3-5-7-9(8)2/h4-7H,2-3H2,1H3. The minimum atomic E-state index is 0.0637. The zero-order valence-electron chi connectivity index (χ0n) is 5.58. The van der Waals surface area contributed by atoms with Crippen LogP contribution in [-0.4, -0.2) is 17.2 Å². The molecule has 1 nitrogen and oxygen atoms in total. The molecule has 1 rings (SSSR count). The van der Waals surface area contributed by atoms with Crippen LogP contribution in [0.5, 0.6) is 0 Å². The molecule has 0 aromatic heterocycles. The largest absolute Gasteiger partial charge is 0.329 e. The van der Waals surface area contributed by atoms with E-state index in [-0.39, 0.29) is 10.7 Å².